The summed E-state index contributed by atoms with van der Waals surface area (Å²) in [7, 11) is 14.0. The van der Waals surface area contributed by atoms with Crippen LogP contribution in [0.4, 0.5) is 0 Å². The van der Waals surface area contributed by atoms with Crippen molar-refractivity contribution in [1.82, 2.24) is 4.90 Å². The van der Waals surface area contributed by atoms with Crippen LogP contribution in [-0.2, 0) is 20.8 Å². The van der Waals surface area contributed by atoms with Crippen molar-refractivity contribution in [2.75, 3.05) is 14.1 Å². The molecule has 1 aliphatic rings. The van der Waals surface area contributed by atoms with Gasteiger partial charge in [0.05, 0.1) is 0 Å². The number of rotatable bonds is 1. The van der Waals surface area contributed by atoms with Crippen molar-refractivity contribution < 1.29 is 20.8 Å². The van der Waals surface area contributed by atoms with Gasteiger partial charge in [-0.1, -0.05) is 24.3 Å². The Bertz CT molecular complexity index is 133. The molecule has 4 heteroatoms. The first kappa shape index (κ1) is 11.9. The molecule has 0 bridgehead atoms. The van der Waals surface area contributed by atoms with Gasteiger partial charge in [0.1, 0.15) is 0 Å². The second-order valence-electron chi connectivity index (χ2n) is 2.30. The molecule has 0 aromatic rings. The van der Waals surface area contributed by atoms with E-state index in [1.807, 2.05) is 0 Å². The molecule has 0 radical (unpaired) electrons. The van der Waals surface area contributed by atoms with Crippen LogP contribution in [0.3, 0.4) is 0 Å². The molecule has 0 N–H and O–H groups in total. The first-order valence-corrected chi connectivity index (χ1v) is 9.53. The molecular formula is C7H11Cl2NZr. The van der Waals surface area contributed by atoms with Crippen LogP contribution in [0.1, 0.15) is 0 Å². The number of hydrogen-bond acceptors (Lipinski definition) is 1. The fourth-order valence-corrected chi connectivity index (χ4v) is 0.764. The fraction of sp³-hybridized carbons (Fsp3) is 0.429. The summed E-state index contributed by atoms with van der Waals surface area (Å²) in [5, 5.41) is 0. The van der Waals surface area contributed by atoms with Crippen LogP contribution in [0.25, 0.3) is 0 Å². The van der Waals surface area contributed by atoms with E-state index in [2.05, 4.69) is 43.3 Å². The molecule has 1 nitrogen and oxygen atoms in total. The van der Waals surface area contributed by atoms with E-state index >= 15 is 0 Å². The number of halogens is 2. The molecule has 0 spiro atoms. The molecule has 0 aromatic carbocycles. The first-order valence-electron chi connectivity index (χ1n) is 3.20. The van der Waals surface area contributed by atoms with Crippen LogP contribution < -0.4 is 0 Å². The van der Waals surface area contributed by atoms with Crippen molar-refractivity contribution in [3.8, 4) is 0 Å². The third-order valence-electron chi connectivity index (χ3n) is 1.32. The van der Waals surface area contributed by atoms with E-state index in [4.69, 9.17) is 17.0 Å². The summed E-state index contributed by atoms with van der Waals surface area (Å²) in [4.78, 5) is 2.17. The van der Waals surface area contributed by atoms with Crippen LogP contribution in [0.2, 0.25) is 0 Å². The minimum absolute atomic E-state index is 0.537. The molecule has 1 aliphatic carbocycles. The summed E-state index contributed by atoms with van der Waals surface area (Å²) < 4.78 is 0. The molecule has 1 rings (SSSR count). The number of hydrogen-bond donors (Lipinski definition) is 0. The van der Waals surface area contributed by atoms with Crippen molar-refractivity contribution in [3.63, 3.8) is 0 Å². The zero-order chi connectivity index (χ0) is 8.69. The molecule has 0 amide bonds. The van der Waals surface area contributed by atoms with Crippen LogP contribution in [0.5, 0.6) is 0 Å². The average molecular weight is 271 g/mol. The Balaban J connectivity index is 0.000000292. The van der Waals surface area contributed by atoms with Gasteiger partial charge in [0.25, 0.3) is 0 Å². The SMILES string of the molecule is CN(C)C1C=CC=C1.[Cl][Zr][Cl]. The maximum atomic E-state index is 4.93. The maximum absolute atomic E-state index is 4.93. The Hall–Kier alpha value is 0.903. The number of allylic oxidation sites excluding steroid dienone is 2. The van der Waals surface area contributed by atoms with Crippen molar-refractivity contribution in [2.45, 2.75) is 6.04 Å². The molecule has 0 aromatic heterocycles. The van der Waals surface area contributed by atoms with E-state index in [-0.39, 0.29) is 0 Å². The van der Waals surface area contributed by atoms with Gasteiger partial charge in [0.15, 0.2) is 0 Å². The van der Waals surface area contributed by atoms with Crippen molar-refractivity contribution in [3.05, 3.63) is 24.3 Å². The predicted molar refractivity (Wildman–Crippen MR) is 47.5 cm³/mol. The van der Waals surface area contributed by atoms with Gasteiger partial charge < -0.3 is 0 Å². The normalized spacial score (nSPS) is 15.0. The van der Waals surface area contributed by atoms with Gasteiger partial charge in [-0.05, 0) is 14.1 Å². The van der Waals surface area contributed by atoms with E-state index in [9.17, 15) is 0 Å². The fourth-order valence-electron chi connectivity index (χ4n) is 0.764. The Kier molecular flexibility index (Phi) is 8.17. The van der Waals surface area contributed by atoms with Crippen LogP contribution in [-0.4, -0.2) is 25.0 Å². The standard InChI is InChI=1S/C7H11N.2ClH.Zr/c1-8(2)7-5-3-4-6-7;;;/h3-7H,1-2H3;2*1H;/q;;;+2/p-2. The second kappa shape index (κ2) is 7.55. The van der Waals surface area contributed by atoms with E-state index in [0.29, 0.717) is 6.04 Å². The first-order chi connectivity index (χ1) is 5.22. The van der Waals surface area contributed by atoms with Gasteiger partial charge >= 0.3 is 37.9 Å². The molecule has 0 atom stereocenters. The molecule has 0 fully saturated rings. The van der Waals surface area contributed by atoms with Gasteiger partial charge in [-0.25, -0.2) is 0 Å². The molecular weight excluding hydrogens is 260 g/mol. The zero-order valence-corrected chi connectivity index (χ0v) is 10.6. The summed E-state index contributed by atoms with van der Waals surface area (Å²) in [6.45, 7) is 0. The Morgan fingerprint density at radius 3 is 1.73 bits per heavy atom. The molecule has 0 saturated heterocycles. The Labute approximate surface area is 86.7 Å². The number of likely N-dealkylation sites (N-methyl/N-ethyl adjacent to an activating group) is 1. The summed E-state index contributed by atoms with van der Waals surface area (Å²) >= 11 is -0.826. The predicted octanol–water partition coefficient (Wildman–Crippen LogP) is 2.42. The summed E-state index contributed by atoms with van der Waals surface area (Å²) in [5.41, 5.74) is 0. The van der Waals surface area contributed by atoms with Gasteiger partial charge in [-0.15, -0.1) is 0 Å². The Morgan fingerprint density at radius 1 is 1.18 bits per heavy atom. The summed E-state index contributed by atoms with van der Waals surface area (Å²) in [5.74, 6) is 0. The van der Waals surface area contributed by atoms with Crippen LogP contribution in [0.15, 0.2) is 24.3 Å². The summed E-state index contributed by atoms with van der Waals surface area (Å²) in [6.07, 6.45) is 8.48. The van der Waals surface area contributed by atoms with E-state index in [1.165, 1.54) is 0 Å². The van der Waals surface area contributed by atoms with E-state index < -0.39 is 20.8 Å². The zero-order valence-electron chi connectivity index (χ0n) is 6.59. The van der Waals surface area contributed by atoms with Crippen LogP contribution in [0, 0.1) is 0 Å². The third kappa shape index (κ3) is 6.10. The van der Waals surface area contributed by atoms with Crippen molar-refractivity contribution in [1.29, 1.82) is 0 Å². The molecule has 0 saturated carbocycles. The van der Waals surface area contributed by atoms with Crippen molar-refractivity contribution >= 4 is 17.0 Å². The Morgan fingerprint density at radius 2 is 1.55 bits per heavy atom. The molecule has 0 unspecified atom stereocenters. The average Bonchev–Trinajstić information content (AvgIpc) is 2.38. The van der Waals surface area contributed by atoms with E-state index in [0.717, 1.165) is 0 Å². The molecule has 11 heavy (non-hydrogen) atoms. The third-order valence-corrected chi connectivity index (χ3v) is 1.32. The van der Waals surface area contributed by atoms with Gasteiger partial charge in [-0.2, -0.15) is 0 Å². The second-order valence-corrected chi connectivity index (χ2v) is 6.03. The summed E-state index contributed by atoms with van der Waals surface area (Å²) in [6, 6.07) is 0.537. The van der Waals surface area contributed by atoms with Crippen LogP contribution >= 0.6 is 17.0 Å². The van der Waals surface area contributed by atoms with E-state index in [1.54, 1.807) is 0 Å². The van der Waals surface area contributed by atoms with Gasteiger partial charge in [0, 0.05) is 6.04 Å². The quantitative estimate of drug-likeness (QED) is 0.708. The topological polar surface area (TPSA) is 3.24 Å². The van der Waals surface area contributed by atoms with Gasteiger partial charge in [-0.3, -0.25) is 4.90 Å². The monoisotopic (exact) mass is 269 g/mol. The molecule has 62 valence electrons. The minimum atomic E-state index is -0.826. The van der Waals surface area contributed by atoms with Gasteiger partial charge in [0.2, 0.25) is 0 Å². The van der Waals surface area contributed by atoms with Crippen molar-refractivity contribution in [2.24, 2.45) is 0 Å². The molecule has 0 aliphatic heterocycles. The number of nitrogens with zero attached hydrogens (tertiary/aromatic N) is 1. The molecule has 0 heterocycles.